The largest absolute Gasteiger partial charge is 0.370 e. The van der Waals surface area contributed by atoms with Gasteiger partial charge in [0.1, 0.15) is 0 Å². The van der Waals surface area contributed by atoms with E-state index in [1.54, 1.807) is 0 Å². The van der Waals surface area contributed by atoms with E-state index in [-0.39, 0.29) is 0 Å². The highest BCUT2D eigenvalue weighted by atomic mass is 15.3. The summed E-state index contributed by atoms with van der Waals surface area (Å²) in [6.07, 6.45) is 7.67. The van der Waals surface area contributed by atoms with E-state index in [9.17, 15) is 0 Å². The molecule has 0 aromatic heterocycles. The van der Waals surface area contributed by atoms with Crippen LogP contribution in [-0.4, -0.2) is 29.5 Å². The molecule has 3 nitrogen and oxygen atoms in total. The minimum absolute atomic E-state index is 0.508. The smallest absolute Gasteiger partial charge is 0.191 e. The van der Waals surface area contributed by atoms with Crippen LogP contribution in [0.1, 0.15) is 52.4 Å². The normalized spacial score (nSPS) is 28.3. The molecule has 0 aromatic carbocycles. The standard InChI is InChI=1S/C13H25N3/c1-10(2)12-8-5-9-16(12)13(14)15-11-6-3-4-7-11/h10-12H,3-9H2,1-2H3,(H2,14,15). The Morgan fingerprint density at radius 1 is 1.19 bits per heavy atom. The molecule has 0 aromatic rings. The zero-order valence-electron chi connectivity index (χ0n) is 10.7. The van der Waals surface area contributed by atoms with E-state index in [1.165, 1.54) is 38.5 Å². The topological polar surface area (TPSA) is 41.6 Å². The third-order valence-corrected chi connectivity index (χ3v) is 4.00. The summed E-state index contributed by atoms with van der Waals surface area (Å²) in [5.41, 5.74) is 6.16. The van der Waals surface area contributed by atoms with Crippen LogP contribution in [0.2, 0.25) is 0 Å². The SMILES string of the molecule is CC(C)C1CCCN1C(N)=NC1CCCC1. The molecule has 2 fully saturated rings. The molecule has 92 valence electrons. The average molecular weight is 223 g/mol. The monoisotopic (exact) mass is 223 g/mol. The molecule has 3 heteroatoms. The molecule has 0 bridgehead atoms. The number of hydrogen-bond acceptors (Lipinski definition) is 1. The van der Waals surface area contributed by atoms with Crippen molar-refractivity contribution in [3.8, 4) is 0 Å². The Morgan fingerprint density at radius 3 is 2.50 bits per heavy atom. The Kier molecular flexibility index (Phi) is 3.72. The predicted molar refractivity (Wildman–Crippen MR) is 68.4 cm³/mol. The first-order valence-electron chi connectivity index (χ1n) is 6.78. The first kappa shape index (κ1) is 11.7. The van der Waals surface area contributed by atoms with Gasteiger partial charge in [-0.1, -0.05) is 26.7 Å². The molecule has 1 aliphatic heterocycles. The number of nitrogens with zero attached hydrogens (tertiary/aromatic N) is 2. The van der Waals surface area contributed by atoms with Crippen LogP contribution in [0.3, 0.4) is 0 Å². The molecule has 0 radical (unpaired) electrons. The summed E-state index contributed by atoms with van der Waals surface area (Å²) in [7, 11) is 0. The fraction of sp³-hybridized carbons (Fsp3) is 0.923. The Hall–Kier alpha value is -0.730. The van der Waals surface area contributed by atoms with Crippen molar-refractivity contribution in [2.24, 2.45) is 16.6 Å². The van der Waals surface area contributed by atoms with Crippen molar-refractivity contribution in [2.75, 3.05) is 6.54 Å². The lowest BCUT2D eigenvalue weighted by Crippen LogP contribution is -2.43. The Labute approximate surface area is 99.1 Å². The van der Waals surface area contributed by atoms with Gasteiger partial charge in [-0.3, -0.25) is 0 Å². The second kappa shape index (κ2) is 5.07. The predicted octanol–water partition coefficient (Wildman–Crippen LogP) is 2.36. The van der Waals surface area contributed by atoms with Crippen LogP contribution >= 0.6 is 0 Å². The average Bonchev–Trinajstić information content (AvgIpc) is 2.86. The van der Waals surface area contributed by atoms with Crippen molar-refractivity contribution in [1.82, 2.24) is 4.90 Å². The van der Waals surface area contributed by atoms with Gasteiger partial charge in [0.05, 0.1) is 6.04 Å². The fourth-order valence-corrected chi connectivity index (χ4v) is 3.06. The van der Waals surface area contributed by atoms with E-state index in [1.807, 2.05) is 0 Å². The van der Waals surface area contributed by atoms with Crippen molar-refractivity contribution in [1.29, 1.82) is 0 Å². The fourth-order valence-electron chi connectivity index (χ4n) is 3.06. The first-order chi connectivity index (χ1) is 7.68. The number of likely N-dealkylation sites (tertiary alicyclic amines) is 1. The van der Waals surface area contributed by atoms with Gasteiger partial charge in [-0.05, 0) is 31.6 Å². The van der Waals surface area contributed by atoms with E-state index in [0.29, 0.717) is 18.0 Å². The third kappa shape index (κ3) is 2.50. The third-order valence-electron chi connectivity index (χ3n) is 4.00. The van der Waals surface area contributed by atoms with Crippen LogP contribution < -0.4 is 5.73 Å². The van der Waals surface area contributed by atoms with Crippen LogP contribution in [0.5, 0.6) is 0 Å². The van der Waals surface area contributed by atoms with E-state index < -0.39 is 0 Å². The van der Waals surface area contributed by atoms with E-state index in [2.05, 4.69) is 18.7 Å². The molecule has 2 rings (SSSR count). The van der Waals surface area contributed by atoms with Crippen LogP contribution in [0.15, 0.2) is 4.99 Å². The minimum Gasteiger partial charge on any atom is -0.370 e. The van der Waals surface area contributed by atoms with Gasteiger partial charge in [0, 0.05) is 12.6 Å². The van der Waals surface area contributed by atoms with Gasteiger partial charge in [0.15, 0.2) is 5.96 Å². The molecule has 1 heterocycles. The van der Waals surface area contributed by atoms with Crippen molar-refractivity contribution in [3.63, 3.8) is 0 Å². The summed E-state index contributed by atoms with van der Waals surface area (Å²) in [6.45, 7) is 5.67. The van der Waals surface area contributed by atoms with Crippen LogP contribution in [0.4, 0.5) is 0 Å². The first-order valence-corrected chi connectivity index (χ1v) is 6.78. The summed E-state index contributed by atoms with van der Waals surface area (Å²) in [5, 5.41) is 0. The molecule has 0 spiro atoms. The number of nitrogens with two attached hydrogens (primary N) is 1. The molecule has 1 unspecified atom stereocenters. The highest BCUT2D eigenvalue weighted by Crippen LogP contribution is 2.25. The second-order valence-electron chi connectivity index (χ2n) is 5.57. The number of hydrogen-bond donors (Lipinski definition) is 1. The Bertz CT molecular complexity index is 254. The summed E-state index contributed by atoms with van der Waals surface area (Å²) in [4.78, 5) is 7.05. The van der Waals surface area contributed by atoms with E-state index >= 15 is 0 Å². The van der Waals surface area contributed by atoms with Gasteiger partial charge in [-0.25, -0.2) is 4.99 Å². The van der Waals surface area contributed by atoms with Gasteiger partial charge < -0.3 is 10.6 Å². The quantitative estimate of drug-likeness (QED) is 0.577. The molecule has 1 atom stereocenters. The van der Waals surface area contributed by atoms with E-state index in [0.717, 1.165) is 12.5 Å². The lowest BCUT2D eigenvalue weighted by Gasteiger charge is -2.29. The Balaban J connectivity index is 1.99. The number of guanidine groups is 1. The molecule has 1 saturated heterocycles. The van der Waals surface area contributed by atoms with Crippen molar-refractivity contribution >= 4 is 5.96 Å². The van der Waals surface area contributed by atoms with Gasteiger partial charge in [0.25, 0.3) is 0 Å². The van der Waals surface area contributed by atoms with Gasteiger partial charge in [-0.15, -0.1) is 0 Å². The summed E-state index contributed by atoms with van der Waals surface area (Å²) < 4.78 is 0. The summed E-state index contributed by atoms with van der Waals surface area (Å²) in [6, 6.07) is 1.12. The molecule has 1 aliphatic carbocycles. The van der Waals surface area contributed by atoms with Crippen LogP contribution in [-0.2, 0) is 0 Å². The molecule has 1 saturated carbocycles. The lowest BCUT2D eigenvalue weighted by atomic mass is 10.0. The maximum Gasteiger partial charge on any atom is 0.191 e. The molecule has 2 aliphatic rings. The molecule has 2 N–H and O–H groups in total. The van der Waals surface area contributed by atoms with Crippen molar-refractivity contribution in [2.45, 2.75) is 64.5 Å². The second-order valence-corrected chi connectivity index (χ2v) is 5.57. The van der Waals surface area contributed by atoms with Gasteiger partial charge in [-0.2, -0.15) is 0 Å². The van der Waals surface area contributed by atoms with Crippen molar-refractivity contribution in [3.05, 3.63) is 0 Å². The highest BCUT2D eigenvalue weighted by molar-refractivity contribution is 5.79. The Morgan fingerprint density at radius 2 is 1.88 bits per heavy atom. The minimum atomic E-state index is 0.508. The molecular weight excluding hydrogens is 198 g/mol. The van der Waals surface area contributed by atoms with Crippen molar-refractivity contribution < 1.29 is 0 Å². The summed E-state index contributed by atoms with van der Waals surface area (Å²) >= 11 is 0. The van der Waals surface area contributed by atoms with Gasteiger partial charge in [0.2, 0.25) is 0 Å². The molecule has 16 heavy (non-hydrogen) atoms. The van der Waals surface area contributed by atoms with Crippen LogP contribution in [0, 0.1) is 5.92 Å². The maximum atomic E-state index is 6.16. The number of aliphatic imine (C=N–C) groups is 1. The van der Waals surface area contributed by atoms with Crippen LogP contribution in [0.25, 0.3) is 0 Å². The van der Waals surface area contributed by atoms with Gasteiger partial charge >= 0.3 is 0 Å². The highest BCUT2D eigenvalue weighted by Gasteiger charge is 2.29. The van der Waals surface area contributed by atoms with E-state index in [4.69, 9.17) is 10.7 Å². The molecular formula is C13H25N3. The zero-order chi connectivity index (χ0) is 11.5. The zero-order valence-corrected chi connectivity index (χ0v) is 10.7. The summed E-state index contributed by atoms with van der Waals surface area (Å²) in [5.74, 6) is 1.49. The molecule has 0 amide bonds. The lowest BCUT2D eigenvalue weighted by molar-refractivity contribution is 0.304. The maximum absolute atomic E-state index is 6.16. The number of rotatable bonds is 2.